The predicted molar refractivity (Wildman–Crippen MR) is 110 cm³/mol. The van der Waals surface area contributed by atoms with Crippen LogP contribution in [-0.4, -0.2) is 26.3 Å². The molecule has 0 bridgehead atoms. The quantitative estimate of drug-likeness (QED) is 0.490. The van der Waals surface area contributed by atoms with Crippen molar-refractivity contribution in [3.05, 3.63) is 36.4 Å². The van der Waals surface area contributed by atoms with Crippen molar-refractivity contribution in [3.63, 3.8) is 0 Å². The highest BCUT2D eigenvalue weighted by Gasteiger charge is 2.32. The van der Waals surface area contributed by atoms with Crippen molar-refractivity contribution in [2.75, 3.05) is 14.2 Å². The number of methoxy groups -OCH3 is 2. The monoisotopic (exact) mass is 376 g/mol. The van der Waals surface area contributed by atoms with E-state index in [0.717, 1.165) is 24.3 Å². The minimum Gasteiger partial charge on any atom is -0.493 e. The summed E-state index contributed by atoms with van der Waals surface area (Å²) in [5.74, 6) is 3.28. The molecule has 0 N–H and O–H groups in total. The van der Waals surface area contributed by atoms with Crippen LogP contribution < -0.4 is 9.47 Å². The van der Waals surface area contributed by atoms with Gasteiger partial charge in [0.05, 0.1) is 14.2 Å². The van der Waals surface area contributed by atoms with E-state index in [2.05, 4.69) is 27.4 Å². The normalized spacial score (nSPS) is 21.7. The van der Waals surface area contributed by atoms with Crippen molar-refractivity contribution in [1.29, 1.82) is 0 Å². The average Bonchev–Trinajstić information content (AvgIpc) is 2.61. The first-order valence-electron chi connectivity index (χ1n) is 9.81. The molecule has 0 spiro atoms. The molecule has 0 unspecified atom stereocenters. The highest BCUT2D eigenvalue weighted by Crippen LogP contribution is 2.35. The molecule has 152 valence electrons. The van der Waals surface area contributed by atoms with Crippen molar-refractivity contribution in [2.24, 2.45) is 17.8 Å². The molecule has 0 saturated heterocycles. The van der Waals surface area contributed by atoms with E-state index in [0.29, 0.717) is 17.8 Å². The van der Waals surface area contributed by atoms with E-state index in [9.17, 15) is 4.79 Å². The van der Waals surface area contributed by atoms with Crippen molar-refractivity contribution in [3.8, 4) is 11.5 Å². The molecule has 1 aromatic rings. The molecule has 0 aromatic heterocycles. The largest absolute Gasteiger partial charge is 0.493 e. The Kier molecular flexibility index (Phi) is 9.98. The van der Waals surface area contributed by atoms with Crippen molar-refractivity contribution >= 4 is 5.97 Å². The lowest BCUT2D eigenvalue weighted by molar-refractivity contribution is -0.153. The molecule has 0 heterocycles. The molecule has 2 rings (SSSR count). The third-order valence-corrected chi connectivity index (χ3v) is 5.11. The number of carbonyl (C=O) groups is 1. The first-order chi connectivity index (χ1) is 12.8. The summed E-state index contributed by atoms with van der Waals surface area (Å²) >= 11 is 0. The van der Waals surface area contributed by atoms with Crippen molar-refractivity contribution in [2.45, 2.75) is 59.5 Å². The van der Waals surface area contributed by atoms with Gasteiger partial charge < -0.3 is 14.2 Å². The number of ether oxygens (including phenoxy) is 3. The smallest absolute Gasteiger partial charge is 0.302 e. The molecule has 1 fully saturated rings. The van der Waals surface area contributed by atoms with Crippen LogP contribution >= 0.6 is 0 Å². The average molecular weight is 377 g/mol. The highest BCUT2D eigenvalue weighted by atomic mass is 16.5. The second kappa shape index (κ2) is 11.7. The fourth-order valence-electron chi connectivity index (χ4n) is 3.64. The maximum absolute atomic E-state index is 11.0. The number of carbonyl (C=O) groups excluding carboxylic acids is 1. The minimum absolute atomic E-state index is 0.130. The van der Waals surface area contributed by atoms with Crippen LogP contribution in [-0.2, 0) is 16.0 Å². The van der Waals surface area contributed by atoms with Crippen LogP contribution in [0.3, 0.4) is 0 Å². The van der Waals surface area contributed by atoms with Gasteiger partial charge in [0, 0.05) is 6.92 Å². The Labute approximate surface area is 164 Å². The fourth-order valence-corrected chi connectivity index (χ4v) is 3.64. The second-order valence-electron chi connectivity index (χ2n) is 7.66. The Hall–Kier alpha value is -1.97. The fraction of sp³-hybridized carbons (Fsp3) is 0.609. The molecule has 1 saturated carbocycles. The number of benzene rings is 1. The van der Waals surface area contributed by atoms with Gasteiger partial charge in [-0.1, -0.05) is 39.3 Å². The second-order valence-corrected chi connectivity index (χ2v) is 7.66. The van der Waals surface area contributed by atoms with Crippen LogP contribution in [0, 0.1) is 17.8 Å². The van der Waals surface area contributed by atoms with Crippen LogP contribution in [0.4, 0.5) is 0 Å². The van der Waals surface area contributed by atoms with Crippen LogP contribution in [0.1, 0.15) is 52.5 Å². The maximum atomic E-state index is 11.0. The summed E-state index contributed by atoms with van der Waals surface area (Å²) in [6.45, 7) is 11.9. The summed E-state index contributed by atoms with van der Waals surface area (Å²) in [5.41, 5.74) is 1.17. The Balaban J connectivity index is 0.000000271. The maximum Gasteiger partial charge on any atom is 0.302 e. The van der Waals surface area contributed by atoms with E-state index in [1.165, 1.54) is 25.3 Å². The van der Waals surface area contributed by atoms with E-state index >= 15 is 0 Å². The molecule has 4 nitrogen and oxygen atoms in total. The minimum atomic E-state index is -0.130. The first kappa shape index (κ1) is 23.1. The summed E-state index contributed by atoms with van der Waals surface area (Å²) < 4.78 is 15.7. The lowest BCUT2D eigenvalue weighted by atomic mass is 9.75. The number of hydrogen-bond acceptors (Lipinski definition) is 4. The Bertz CT molecular complexity index is 594. The summed E-state index contributed by atoms with van der Waals surface area (Å²) in [7, 11) is 3.26. The molecule has 4 heteroatoms. The summed E-state index contributed by atoms with van der Waals surface area (Å²) in [5, 5.41) is 0. The molecule has 27 heavy (non-hydrogen) atoms. The predicted octanol–water partition coefficient (Wildman–Crippen LogP) is 5.44. The molecule has 3 atom stereocenters. The van der Waals surface area contributed by atoms with Gasteiger partial charge in [-0.25, -0.2) is 0 Å². The molecular weight excluding hydrogens is 340 g/mol. The van der Waals surface area contributed by atoms with E-state index in [1.54, 1.807) is 14.2 Å². The molecular formula is C23H36O4. The van der Waals surface area contributed by atoms with Crippen LogP contribution in [0.2, 0.25) is 0 Å². The van der Waals surface area contributed by atoms with Gasteiger partial charge in [0.25, 0.3) is 0 Å². The highest BCUT2D eigenvalue weighted by molar-refractivity contribution is 5.66. The number of esters is 1. The lowest BCUT2D eigenvalue weighted by Crippen LogP contribution is -2.35. The third kappa shape index (κ3) is 7.66. The molecule has 0 aliphatic heterocycles. The molecule has 0 amide bonds. The van der Waals surface area contributed by atoms with Gasteiger partial charge in [-0.2, -0.15) is 0 Å². The zero-order valence-corrected chi connectivity index (χ0v) is 17.8. The van der Waals surface area contributed by atoms with Crippen LogP contribution in [0.5, 0.6) is 11.5 Å². The van der Waals surface area contributed by atoms with Crippen LogP contribution in [0.25, 0.3) is 0 Å². The zero-order valence-electron chi connectivity index (χ0n) is 17.8. The summed E-state index contributed by atoms with van der Waals surface area (Å²) in [6, 6.07) is 5.86. The Morgan fingerprint density at radius 1 is 1.22 bits per heavy atom. The number of hydrogen-bond donors (Lipinski definition) is 0. The van der Waals surface area contributed by atoms with Gasteiger partial charge >= 0.3 is 5.97 Å². The summed E-state index contributed by atoms with van der Waals surface area (Å²) in [4.78, 5) is 11.0. The van der Waals surface area contributed by atoms with Gasteiger partial charge in [-0.05, 0) is 54.7 Å². The lowest BCUT2D eigenvalue weighted by Gasteiger charge is -2.36. The van der Waals surface area contributed by atoms with Gasteiger partial charge in [0.1, 0.15) is 6.10 Å². The van der Waals surface area contributed by atoms with Crippen LogP contribution in [0.15, 0.2) is 30.9 Å². The topological polar surface area (TPSA) is 44.8 Å². The van der Waals surface area contributed by atoms with Gasteiger partial charge in [0.2, 0.25) is 0 Å². The number of rotatable bonds is 6. The van der Waals surface area contributed by atoms with E-state index < -0.39 is 0 Å². The molecule has 0 radical (unpaired) electrons. The molecule has 1 aromatic carbocycles. The number of allylic oxidation sites excluding steroid dienone is 1. The summed E-state index contributed by atoms with van der Waals surface area (Å²) in [6.07, 6.45) is 6.40. The van der Waals surface area contributed by atoms with Crippen molar-refractivity contribution < 1.29 is 19.0 Å². The van der Waals surface area contributed by atoms with E-state index in [4.69, 9.17) is 14.2 Å². The van der Waals surface area contributed by atoms with E-state index in [1.807, 2.05) is 24.3 Å². The molecule has 1 aliphatic rings. The molecule has 1 aliphatic carbocycles. The first-order valence-corrected chi connectivity index (χ1v) is 9.81. The van der Waals surface area contributed by atoms with Gasteiger partial charge in [-0.15, -0.1) is 6.58 Å². The van der Waals surface area contributed by atoms with Gasteiger partial charge in [-0.3, -0.25) is 4.79 Å². The standard InChI is InChI=1S/C12H22O2.C11H14O2/c1-8(2)11-6-5-9(3)7-12(11)14-10(4)13;1-4-5-9-6-7-10(12-2)11(8-9)13-3/h8-9,11-12H,5-7H2,1-4H3;4,6-8H,1,5H2,2-3H3/t9-,11+,12-;/m1./s1. The zero-order chi connectivity index (χ0) is 20.4. The SMILES string of the molecule is C=CCc1ccc(OC)c(OC)c1.CC(=O)O[C@@H]1C[C@H](C)CC[C@H]1C(C)C. The van der Waals surface area contributed by atoms with Crippen molar-refractivity contribution in [1.82, 2.24) is 0 Å². The Morgan fingerprint density at radius 2 is 1.89 bits per heavy atom. The third-order valence-electron chi connectivity index (χ3n) is 5.11. The van der Waals surface area contributed by atoms with Gasteiger partial charge in [0.15, 0.2) is 11.5 Å². The Morgan fingerprint density at radius 3 is 2.41 bits per heavy atom. The van der Waals surface area contributed by atoms with E-state index in [-0.39, 0.29) is 12.1 Å².